The standard InChI is InChI=1S/C20H25FN2O3S2/c1-15-8-10-17(11-9-15)28(25,26)22-19(12-13-27-3)20(24)23(2)14-16-6-4-5-7-18(16)21/h4-11,19,22H,12-14H2,1-3H3. The molecule has 0 saturated heterocycles. The smallest absolute Gasteiger partial charge is 0.241 e. The molecule has 0 fully saturated rings. The fraction of sp³-hybridized carbons (Fsp3) is 0.350. The van der Waals surface area contributed by atoms with Crippen LogP contribution in [0.4, 0.5) is 4.39 Å². The van der Waals surface area contributed by atoms with Gasteiger partial charge < -0.3 is 4.90 Å². The zero-order valence-electron chi connectivity index (χ0n) is 16.2. The van der Waals surface area contributed by atoms with Crippen LogP contribution in [0.3, 0.4) is 0 Å². The molecule has 0 saturated carbocycles. The molecule has 8 heteroatoms. The van der Waals surface area contributed by atoms with Gasteiger partial charge in [0.2, 0.25) is 15.9 Å². The molecular formula is C20H25FN2O3S2. The number of carbonyl (C=O) groups excluding carboxylic acids is 1. The van der Waals surface area contributed by atoms with Gasteiger partial charge in [0.15, 0.2) is 0 Å². The van der Waals surface area contributed by atoms with Gasteiger partial charge in [-0.3, -0.25) is 4.79 Å². The first-order valence-corrected chi connectivity index (χ1v) is 11.7. The van der Waals surface area contributed by atoms with Gasteiger partial charge in [-0.15, -0.1) is 0 Å². The molecule has 0 aliphatic carbocycles. The summed E-state index contributed by atoms with van der Waals surface area (Å²) in [5, 5.41) is 0. The summed E-state index contributed by atoms with van der Waals surface area (Å²) in [7, 11) is -2.30. The largest absolute Gasteiger partial charge is 0.340 e. The zero-order chi connectivity index (χ0) is 20.7. The van der Waals surface area contributed by atoms with Gasteiger partial charge in [-0.05, 0) is 43.6 Å². The number of nitrogens with zero attached hydrogens (tertiary/aromatic N) is 1. The van der Waals surface area contributed by atoms with E-state index < -0.39 is 27.8 Å². The van der Waals surface area contributed by atoms with Gasteiger partial charge in [0.1, 0.15) is 11.9 Å². The number of hydrogen-bond acceptors (Lipinski definition) is 4. The SMILES string of the molecule is CSCCC(NS(=O)(=O)c1ccc(C)cc1)C(=O)N(C)Cc1ccccc1F. The topological polar surface area (TPSA) is 66.5 Å². The summed E-state index contributed by atoms with van der Waals surface area (Å²) in [6.07, 6.45) is 2.23. The van der Waals surface area contributed by atoms with Crippen LogP contribution >= 0.6 is 11.8 Å². The van der Waals surface area contributed by atoms with Crippen LogP contribution in [-0.4, -0.2) is 44.3 Å². The normalized spacial score (nSPS) is 12.6. The first kappa shape index (κ1) is 22.4. The number of benzene rings is 2. The third-order valence-corrected chi connectivity index (χ3v) is 6.41. The van der Waals surface area contributed by atoms with Gasteiger partial charge >= 0.3 is 0 Å². The van der Waals surface area contributed by atoms with E-state index >= 15 is 0 Å². The van der Waals surface area contributed by atoms with E-state index in [0.29, 0.717) is 17.7 Å². The maximum absolute atomic E-state index is 13.9. The highest BCUT2D eigenvalue weighted by molar-refractivity contribution is 7.98. The van der Waals surface area contributed by atoms with E-state index in [9.17, 15) is 17.6 Å². The van der Waals surface area contributed by atoms with E-state index in [1.807, 2.05) is 13.2 Å². The van der Waals surface area contributed by atoms with E-state index in [0.717, 1.165) is 5.56 Å². The molecular weight excluding hydrogens is 399 g/mol. The number of hydrogen-bond donors (Lipinski definition) is 1. The summed E-state index contributed by atoms with van der Waals surface area (Å²) in [4.78, 5) is 14.4. The molecule has 0 spiro atoms. The van der Waals surface area contributed by atoms with Crippen molar-refractivity contribution in [1.29, 1.82) is 0 Å². The number of amides is 1. The summed E-state index contributed by atoms with van der Waals surface area (Å²) in [6.45, 7) is 1.93. The number of likely N-dealkylation sites (N-methyl/N-ethyl adjacent to an activating group) is 1. The summed E-state index contributed by atoms with van der Waals surface area (Å²) in [5.41, 5.74) is 1.32. The van der Waals surface area contributed by atoms with Crippen LogP contribution in [0.1, 0.15) is 17.5 Å². The lowest BCUT2D eigenvalue weighted by molar-refractivity contribution is -0.132. The molecule has 2 aromatic rings. The van der Waals surface area contributed by atoms with E-state index in [2.05, 4.69) is 4.72 Å². The Kier molecular flexibility index (Phi) is 8.03. The first-order valence-electron chi connectivity index (χ1n) is 8.81. The molecule has 0 aliphatic rings. The highest BCUT2D eigenvalue weighted by Gasteiger charge is 2.28. The third-order valence-electron chi connectivity index (χ3n) is 4.28. The Bertz CT molecular complexity index is 902. The van der Waals surface area contributed by atoms with Gasteiger partial charge in [0, 0.05) is 19.2 Å². The molecule has 0 heterocycles. The number of carbonyl (C=O) groups is 1. The molecule has 2 rings (SSSR count). The van der Waals surface area contributed by atoms with Crippen molar-refractivity contribution in [1.82, 2.24) is 9.62 Å². The highest BCUT2D eigenvalue weighted by atomic mass is 32.2. The van der Waals surface area contributed by atoms with Gasteiger partial charge in [-0.25, -0.2) is 12.8 Å². The van der Waals surface area contributed by atoms with Gasteiger partial charge in [0.05, 0.1) is 4.90 Å². The lowest BCUT2D eigenvalue weighted by atomic mass is 10.1. The van der Waals surface area contributed by atoms with E-state index in [4.69, 9.17) is 0 Å². The van der Waals surface area contributed by atoms with E-state index in [1.54, 1.807) is 37.4 Å². The molecule has 152 valence electrons. The fourth-order valence-electron chi connectivity index (χ4n) is 2.67. The molecule has 28 heavy (non-hydrogen) atoms. The molecule has 5 nitrogen and oxygen atoms in total. The number of nitrogens with one attached hydrogen (secondary N) is 1. The minimum absolute atomic E-state index is 0.0630. The maximum atomic E-state index is 13.9. The quantitative estimate of drug-likeness (QED) is 0.671. The molecule has 0 radical (unpaired) electrons. The summed E-state index contributed by atoms with van der Waals surface area (Å²) < 4.78 is 41.8. The van der Waals surface area contributed by atoms with Crippen LogP contribution in [-0.2, 0) is 21.4 Å². The number of rotatable bonds is 9. The van der Waals surface area contributed by atoms with Crippen LogP contribution in [0.15, 0.2) is 53.4 Å². The predicted molar refractivity (Wildman–Crippen MR) is 111 cm³/mol. The van der Waals surface area contributed by atoms with Crippen LogP contribution in [0.5, 0.6) is 0 Å². The molecule has 0 bridgehead atoms. The van der Waals surface area contributed by atoms with Crippen LogP contribution < -0.4 is 4.72 Å². The van der Waals surface area contributed by atoms with Crippen molar-refractivity contribution < 1.29 is 17.6 Å². The highest BCUT2D eigenvalue weighted by Crippen LogP contribution is 2.15. The van der Waals surface area contributed by atoms with Gasteiger partial charge in [0.25, 0.3) is 0 Å². The van der Waals surface area contributed by atoms with Gasteiger partial charge in [-0.2, -0.15) is 16.5 Å². The van der Waals surface area contributed by atoms with E-state index in [-0.39, 0.29) is 11.4 Å². The minimum atomic E-state index is -3.85. The second kappa shape index (κ2) is 10.0. The van der Waals surface area contributed by atoms with Crippen molar-refractivity contribution >= 4 is 27.7 Å². The zero-order valence-corrected chi connectivity index (χ0v) is 17.8. The van der Waals surface area contributed by atoms with Crippen molar-refractivity contribution in [2.24, 2.45) is 0 Å². The Hall–Kier alpha value is -1.90. The Labute approximate surface area is 170 Å². The maximum Gasteiger partial charge on any atom is 0.241 e. The number of aryl methyl sites for hydroxylation is 1. The van der Waals surface area contributed by atoms with Crippen molar-refractivity contribution in [3.8, 4) is 0 Å². The molecule has 0 aliphatic heterocycles. The number of thioether (sulfide) groups is 1. The average Bonchev–Trinajstić information content (AvgIpc) is 2.66. The van der Waals surface area contributed by atoms with Crippen LogP contribution in [0.2, 0.25) is 0 Å². The lowest BCUT2D eigenvalue weighted by Gasteiger charge is -2.25. The Balaban J connectivity index is 2.18. The first-order chi connectivity index (χ1) is 13.2. The average molecular weight is 425 g/mol. The Morgan fingerprint density at radius 2 is 1.82 bits per heavy atom. The number of sulfonamides is 1. The monoisotopic (exact) mass is 424 g/mol. The second-order valence-electron chi connectivity index (χ2n) is 6.55. The van der Waals surface area contributed by atoms with Crippen LogP contribution in [0.25, 0.3) is 0 Å². The van der Waals surface area contributed by atoms with Crippen molar-refractivity contribution in [2.45, 2.75) is 30.8 Å². The minimum Gasteiger partial charge on any atom is -0.340 e. The molecule has 1 N–H and O–H groups in total. The summed E-state index contributed by atoms with van der Waals surface area (Å²) in [6, 6.07) is 11.7. The summed E-state index contributed by atoms with van der Waals surface area (Å²) in [5.74, 6) is -0.184. The number of halogens is 1. The molecule has 0 aromatic heterocycles. The molecule has 1 amide bonds. The fourth-order valence-corrected chi connectivity index (χ4v) is 4.36. The van der Waals surface area contributed by atoms with Crippen molar-refractivity contribution in [3.63, 3.8) is 0 Å². The lowest BCUT2D eigenvalue weighted by Crippen LogP contribution is -2.47. The predicted octanol–water partition coefficient (Wildman–Crippen LogP) is 3.19. The Morgan fingerprint density at radius 1 is 1.18 bits per heavy atom. The molecule has 2 aromatic carbocycles. The van der Waals surface area contributed by atoms with Crippen molar-refractivity contribution in [2.75, 3.05) is 19.1 Å². The molecule has 1 unspecified atom stereocenters. The third kappa shape index (κ3) is 6.05. The van der Waals surface area contributed by atoms with E-state index in [1.165, 1.54) is 34.9 Å². The van der Waals surface area contributed by atoms with Crippen molar-refractivity contribution in [3.05, 3.63) is 65.5 Å². The van der Waals surface area contributed by atoms with Crippen LogP contribution in [0, 0.1) is 12.7 Å². The Morgan fingerprint density at radius 3 is 2.43 bits per heavy atom. The second-order valence-corrected chi connectivity index (χ2v) is 9.25. The summed E-state index contributed by atoms with van der Waals surface area (Å²) >= 11 is 1.52. The molecule has 1 atom stereocenters. The van der Waals surface area contributed by atoms with Gasteiger partial charge in [-0.1, -0.05) is 35.9 Å².